The average Bonchev–Trinajstić information content (AvgIpc) is 2.78. The number of rotatable bonds is 3. The summed E-state index contributed by atoms with van der Waals surface area (Å²) >= 11 is 1.88. The molecule has 0 radical (unpaired) electrons. The Kier molecular flexibility index (Phi) is 2.88. The van der Waals surface area contributed by atoms with Crippen molar-refractivity contribution in [2.24, 2.45) is 11.0 Å². The molecule has 13 heavy (non-hydrogen) atoms. The largest absolute Gasteiger partial charge is 0.273 e. The summed E-state index contributed by atoms with van der Waals surface area (Å²) in [6, 6.07) is 0. The van der Waals surface area contributed by atoms with Crippen molar-refractivity contribution in [3.63, 3.8) is 0 Å². The van der Waals surface area contributed by atoms with Crippen molar-refractivity contribution in [1.82, 2.24) is 5.43 Å². The lowest BCUT2D eigenvalue weighted by Crippen LogP contribution is -2.19. The molecule has 0 unspecified atom stereocenters. The van der Waals surface area contributed by atoms with E-state index in [2.05, 4.69) is 10.5 Å². The highest BCUT2D eigenvalue weighted by atomic mass is 32.2. The molecule has 1 saturated heterocycles. The second-order valence-corrected chi connectivity index (χ2v) is 4.77. The van der Waals surface area contributed by atoms with Gasteiger partial charge >= 0.3 is 0 Å². The van der Waals surface area contributed by atoms with Crippen molar-refractivity contribution in [2.45, 2.75) is 25.7 Å². The monoisotopic (exact) mass is 198 g/mol. The van der Waals surface area contributed by atoms with Gasteiger partial charge in [0.25, 0.3) is 0 Å². The number of nitrogens with one attached hydrogen (secondary N) is 1. The van der Waals surface area contributed by atoms with Gasteiger partial charge in [-0.05, 0) is 30.9 Å². The summed E-state index contributed by atoms with van der Waals surface area (Å²) in [6.45, 7) is 0. The van der Waals surface area contributed by atoms with E-state index in [0.29, 0.717) is 12.3 Å². The van der Waals surface area contributed by atoms with Crippen molar-refractivity contribution < 1.29 is 4.79 Å². The minimum Gasteiger partial charge on any atom is -0.273 e. The van der Waals surface area contributed by atoms with Gasteiger partial charge in [-0.25, -0.2) is 5.43 Å². The summed E-state index contributed by atoms with van der Waals surface area (Å²) in [6.07, 6.45) is 4.15. The number of carbonyl (C=O) groups is 1. The number of nitrogens with zero attached hydrogens (tertiary/aromatic N) is 1. The van der Waals surface area contributed by atoms with E-state index in [1.807, 2.05) is 11.8 Å². The van der Waals surface area contributed by atoms with E-state index in [-0.39, 0.29) is 5.91 Å². The fraction of sp³-hybridized carbons (Fsp3) is 0.778. The van der Waals surface area contributed by atoms with Crippen molar-refractivity contribution >= 4 is 23.4 Å². The summed E-state index contributed by atoms with van der Waals surface area (Å²) < 4.78 is 0. The highest BCUT2D eigenvalue weighted by molar-refractivity contribution is 8.00. The molecule has 2 aliphatic rings. The zero-order chi connectivity index (χ0) is 9.10. The van der Waals surface area contributed by atoms with Gasteiger partial charge in [0.2, 0.25) is 5.91 Å². The predicted octanol–water partition coefficient (Wildman–Crippen LogP) is 1.40. The van der Waals surface area contributed by atoms with Crippen LogP contribution in [0, 0.1) is 5.92 Å². The first-order valence-corrected chi connectivity index (χ1v) is 5.92. The van der Waals surface area contributed by atoms with Crippen LogP contribution in [0.1, 0.15) is 25.7 Å². The van der Waals surface area contributed by atoms with Crippen LogP contribution in [0.2, 0.25) is 0 Å². The quantitative estimate of drug-likeness (QED) is 0.696. The Hall–Kier alpha value is -0.510. The maximum absolute atomic E-state index is 11.2. The lowest BCUT2D eigenvalue weighted by Gasteiger charge is -1.98. The van der Waals surface area contributed by atoms with Gasteiger partial charge in [0.1, 0.15) is 0 Å². The SMILES string of the molecule is O=C(CC1CC1)N/N=C1/CCSC1. The molecule has 72 valence electrons. The summed E-state index contributed by atoms with van der Waals surface area (Å²) in [5.41, 5.74) is 3.77. The molecule has 0 aromatic carbocycles. The van der Waals surface area contributed by atoms with Crippen LogP contribution in [0.25, 0.3) is 0 Å². The third-order valence-electron chi connectivity index (χ3n) is 2.31. The van der Waals surface area contributed by atoms with Gasteiger partial charge in [0, 0.05) is 17.9 Å². The van der Waals surface area contributed by atoms with Gasteiger partial charge in [-0.1, -0.05) is 0 Å². The summed E-state index contributed by atoms with van der Waals surface area (Å²) in [4.78, 5) is 11.2. The van der Waals surface area contributed by atoms with Crippen molar-refractivity contribution in [3.05, 3.63) is 0 Å². The summed E-state index contributed by atoms with van der Waals surface area (Å²) in [5.74, 6) is 2.88. The summed E-state index contributed by atoms with van der Waals surface area (Å²) in [7, 11) is 0. The van der Waals surface area contributed by atoms with E-state index in [9.17, 15) is 4.79 Å². The van der Waals surface area contributed by atoms with Crippen molar-refractivity contribution in [3.8, 4) is 0 Å². The van der Waals surface area contributed by atoms with E-state index in [1.54, 1.807) is 0 Å². The molecule has 2 fully saturated rings. The standard InChI is InChI=1S/C9H14N2OS/c12-9(5-7-1-2-7)11-10-8-3-4-13-6-8/h7H,1-6H2,(H,11,12)/b10-8-. The fourth-order valence-corrected chi connectivity index (χ4v) is 2.28. The Morgan fingerprint density at radius 2 is 2.46 bits per heavy atom. The van der Waals surface area contributed by atoms with Crippen LogP contribution in [0.4, 0.5) is 0 Å². The molecule has 0 aromatic rings. The zero-order valence-corrected chi connectivity index (χ0v) is 8.40. The fourth-order valence-electron chi connectivity index (χ4n) is 1.31. The van der Waals surface area contributed by atoms with E-state index in [0.717, 1.165) is 23.6 Å². The second kappa shape index (κ2) is 4.13. The average molecular weight is 198 g/mol. The Labute approximate surface area is 82.3 Å². The van der Waals surface area contributed by atoms with Crippen LogP contribution in [0.5, 0.6) is 0 Å². The van der Waals surface area contributed by atoms with E-state index >= 15 is 0 Å². The van der Waals surface area contributed by atoms with E-state index in [1.165, 1.54) is 12.8 Å². The summed E-state index contributed by atoms with van der Waals surface area (Å²) in [5, 5.41) is 4.10. The van der Waals surface area contributed by atoms with E-state index in [4.69, 9.17) is 0 Å². The van der Waals surface area contributed by atoms with Crippen LogP contribution in [0.15, 0.2) is 5.10 Å². The topological polar surface area (TPSA) is 41.5 Å². The third kappa shape index (κ3) is 3.03. The Bertz CT molecular complexity index is 228. The lowest BCUT2D eigenvalue weighted by molar-refractivity contribution is -0.121. The smallest absolute Gasteiger partial charge is 0.240 e. The molecule has 1 aliphatic heterocycles. The third-order valence-corrected chi connectivity index (χ3v) is 3.34. The first kappa shape index (κ1) is 9.06. The maximum atomic E-state index is 11.2. The van der Waals surface area contributed by atoms with Crippen LogP contribution in [-0.2, 0) is 4.79 Å². The molecule has 0 spiro atoms. The lowest BCUT2D eigenvalue weighted by atomic mass is 10.3. The van der Waals surface area contributed by atoms with Gasteiger partial charge < -0.3 is 0 Å². The number of hydrogen-bond acceptors (Lipinski definition) is 3. The van der Waals surface area contributed by atoms with Gasteiger partial charge in [-0.2, -0.15) is 16.9 Å². The molecule has 1 saturated carbocycles. The zero-order valence-electron chi connectivity index (χ0n) is 7.58. The highest BCUT2D eigenvalue weighted by Gasteiger charge is 2.24. The number of carbonyl (C=O) groups excluding carboxylic acids is 1. The molecule has 2 rings (SSSR count). The van der Waals surface area contributed by atoms with E-state index < -0.39 is 0 Å². The number of thioether (sulfide) groups is 1. The minimum absolute atomic E-state index is 0.0897. The first-order valence-electron chi connectivity index (χ1n) is 4.76. The molecule has 1 heterocycles. The van der Waals surface area contributed by atoms with Crippen LogP contribution in [0.3, 0.4) is 0 Å². The molecule has 0 atom stereocenters. The number of hydrogen-bond donors (Lipinski definition) is 1. The Morgan fingerprint density at radius 1 is 1.62 bits per heavy atom. The molecule has 1 aliphatic carbocycles. The number of amides is 1. The maximum Gasteiger partial charge on any atom is 0.240 e. The molecule has 4 heteroatoms. The Balaban J connectivity index is 1.70. The normalized spacial score (nSPS) is 25.1. The predicted molar refractivity (Wildman–Crippen MR) is 54.9 cm³/mol. The van der Waals surface area contributed by atoms with Crippen LogP contribution < -0.4 is 5.43 Å². The molecular weight excluding hydrogens is 184 g/mol. The van der Waals surface area contributed by atoms with Gasteiger partial charge in [-0.3, -0.25) is 4.79 Å². The van der Waals surface area contributed by atoms with Gasteiger partial charge in [0.05, 0.1) is 0 Å². The van der Waals surface area contributed by atoms with Crippen LogP contribution >= 0.6 is 11.8 Å². The number of hydrazone groups is 1. The molecule has 1 amide bonds. The second-order valence-electron chi connectivity index (χ2n) is 3.66. The molecule has 0 aromatic heterocycles. The van der Waals surface area contributed by atoms with Gasteiger partial charge in [-0.15, -0.1) is 0 Å². The minimum atomic E-state index is 0.0897. The highest BCUT2D eigenvalue weighted by Crippen LogP contribution is 2.32. The molecular formula is C9H14N2OS. The molecule has 0 bridgehead atoms. The van der Waals surface area contributed by atoms with Crippen molar-refractivity contribution in [2.75, 3.05) is 11.5 Å². The van der Waals surface area contributed by atoms with Gasteiger partial charge in [0.15, 0.2) is 0 Å². The van der Waals surface area contributed by atoms with Crippen molar-refractivity contribution in [1.29, 1.82) is 0 Å². The first-order chi connectivity index (χ1) is 6.34. The van der Waals surface area contributed by atoms with Crippen LogP contribution in [-0.4, -0.2) is 23.1 Å². The Morgan fingerprint density at radius 3 is 3.08 bits per heavy atom. The molecule has 3 nitrogen and oxygen atoms in total. The molecule has 1 N–H and O–H groups in total.